The molecular formula is C13H26N2O3S. The van der Waals surface area contributed by atoms with Gasteiger partial charge in [-0.05, 0) is 31.9 Å². The molecule has 0 heterocycles. The molecular weight excluding hydrogens is 264 g/mol. The molecule has 0 spiro atoms. The number of thioether (sulfide) groups is 1. The second-order valence-corrected chi connectivity index (χ2v) is 5.87. The lowest BCUT2D eigenvalue weighted by Gasteiger charge is -2.20. The van der Waals surface area contributed by atoms with Crippen molar-refractivity contribution in [2.45, 2.75) is 45.1 Å². The van der Waals surface area contributed by atoms with Crippen molar-refractivity contribution in [2.24, 2.45) is 5.73 Å². The van der Waals surface area contributed by atoms with Crippen LogP contribution in [0.4, 0.5) is 0 Å². The van der Waals surface area contributed by atoms with Crippen LogP contribution in [0, 0.1) is 0 Å². The second kappa shape index (κ2) is 10.1. The van der Waals surface area contributed by atoms with Gasteiger partial charge >= 0.3 is 5.97 Å². The quantitative estimate of drug-likeness (QED) is 0.468. The summed E-state index contributed by atoms with van der Waals surface area (Å²) >= 11 is 1.61. The van der Waals surface area contributed by atoms with E-state index in [1.165, 1.54) is 7.11 Å². The maximum Gasteiger partial charge on any atom is 0.325 e. The highest BCUT2D eigenvalue weighted by Crippen LogP contribution is 2.14. The first-order chi connectivity index (χ1) is 8.94. The number of amides is 1. The van der Waals surface area contributed by atoms with Crippen molar-refractivity contribution >= 4 is 23.6 Å². The minimum absolute atomic E-state index is 0.0880. The van der Waals surface area contributed by atoms with Gasteiger partial charge in [-0.3, -0.25) is 9.59 Å². The second-order valence-electron chi connectivity index (χ2n) is 4.77. The molecule has 0 aliphatic rings. The fourth-order valence-electron chi connectivity index (χ4n) is 1.51. The summed E-state index contributed by atoms with van der Waals surface area (Å²) in [5.41, 5.74) is 4.94. The van der Waals surface area contributed by atoms with Crippen LogP contribution in [-0.4, -0.2) is 42.6 Å². The monoisotopic (exact) mass is 290 g/mol. The summed E-state index contributed by atoms with van der Waals surface area (Å²) < 4.78 is 4.64. The first-order valence-electron chi connectivity index (χ1n) is 6.65. The van der Waals surface area contributed by atoms with Gasteiger partial charge < -0.3 is 15.8 Å². The van der Waals surface area contributed by atoms with Crippen molar-refractivity contribution in [3.63, 3.8) is 0 Å². The van der Waals surface area contributed by atoms with E-state index in [1.54, 1.807) is 18.7 Å². The third-order valence-corrected chi connectivity index (χ3v) is 3.74. The van der Waals surface area contributed by atoms with E-state index < -0.39 is 5.54 Å². The summed E-state index contributed by atoms with van der Waals surface area (Å²) in [6.45, 7) is 4.45. The van der Waals surface area contributed by atoms with Crippen LogP contribution in [-0.2, 0) is 14.3 Å². The van der Waals surface area contributed by atoms with Gasteiger partial charge in [0.2, 0.25) is 5.91 Å². The minimum atomic E-state index is -0.905. The molecule has 3 N–H and O–H groups in total. The molecule has 0 bridgehead atoms. The van der Waals surface area contributed by atoms with Gasteiger partial charge in [0, 0.05) is 6.54 Å². The number of hydrogen-bond donors (Lipinski definition) is 2. The van der Waals surface area contributed by atoms with Crippen molar-refractivity contribution < 1.29 is 14.3 Å². The Morgan fingerprint density at radius 1 is 1.37 bits per heavy atom. The zero-order valence-electron chi connectivity index (χ0n) is 12.2. The lowest BCUT2D eigenvalue weighted by atomic mass is 9.97. The summed E-state index contributed by atoms with van der Waals surface area (Å²) in [4.78, 5) is 22.6. The van der Waals surface area contributed by atoms with E-state index in [-0.39, 0.29) is 11.9 Å². The minimum Gasteiger partial charge on any atom is -0.468 e. The molecule has 1 amide bonds. The average molecular weight is 290 g/mol. The van der Waals surface area contributed by atoms with Gasteiger partial charge in [-0.15, -0.1) is 0 Å². The zero-order valence-corrected chi connectivity index (χ0v) is 13.0. The summed E-state index contributed by atoms with van der Waals surface area (Å²) in [7, 11) is 1.35. The molecule has 0 aliphatic heterocycles. The Morgan fingerprint density at radius 2 is 2.05 bits per heavy atom. The standard InChI is InChI=1S/C13H26N2O3S/c1-4-8-15-11(16)10-19-9-6-5-7-13(2,14)12(17)18-3/h4-10,14H2,1-3H3,(H,15,16). The third kappa shape index (κ3) is 8.88. The maximum absolute atomic E-state index is 11.3. The molecule has 1 unspecified atom stereocenters. The number of carbonyl (C=O) groups is 2. The maximum atomic E-state index is 11.3. The normalized spacial score (nSPS) is 13.7. The van der Waals surface area contributed by atoms with Gasteiger partial charge in [0.05, 0.1) is 12.9 Å². The van der Waals surface area contributed by atoms with E-state index in [1.807, 2.05) is 6.92 Å². The number of ether oxygens (including phenoxy) is 1. The summed E-state index contributed by atoms with van der Waals surface area (Å²) in [5, 5.41) is 2.83. The highest BCUT2D eigenvalue weighted by molar-refractivity contribution is 7.99. The molecule has 0 saturated carbocycles. The van der Waals surface area contributed by atoms with Crippen LogP contribution in [0.3, 0.4) is 0 Å². The van der Waals surface area contributed by atoms with E-state index in [2.05, 4.69) is 10.1 Å². The summed E-state index contributed by atoms with van der Waals surface area (Å²) in [6, 6.07) is 0. The summed E-state index contributed by atoms with van der Waals surface area (Å²) in [5.74, 6) is 1.11. The molecule has 0 aromatic rings. The van der Waals surface area contributed by atoms with E-state index in [0.29, 0.717) is 12.2 Å². The SMILES string of the molecule is CCCNC(=O)CSCCCCC(C)(N)C(=O)OC. The fourth-order valence-corrected chi connectivity index (χ4v) is 2.35. The first-order valence-corrected chi connectivity index (χ1v) is 7.81. The average Bonchev–Trinajstić information content (AvgIpc) is 2.39. The number of nitrogens with one attached hydrogen (secondary N) is 1. The highest BCUT2D eigenvalue weighted by Gasteiger charge is 2.28. The summed E-state index contributed by atoms with van der Waals surface area (Å²) in [6.07, 6.45) is 3.35. The van der Waals surface area contributed by atoms with Gasteiger partial charge in [0.25, 0.3) is 0 Å². The predicted octanol–water partition coefficient (Wildman–Crippen LogP) is 1.31. The third-order valence-electron chi connectivity index (χ3n) is 2.69. The van der Waals surface area contributed by atoms with E-state index in [4.69, 9.17) is 5.73 Å². The number of esters is 1. The molecule has 0 saturated heterocycles. The van der Waals surface area contributed by atoms with Crippen LogP contribution in [0.2, 0.25) is 0 Å². The zero-order chi connectivity index (χ0) is 14.7. The first kappa shape index (κ1) is 18.2. The molecule has 6 heteroatoms. The lowest BCUT2D eigenvalue weighted by Crippen LogP contribution is -2.45. The number of hydrogen-bond acceptors (Lipinski definition) is 5. The van der Waals surface area contributed by atoms with Crippen LogP contribution in [0.15, 0.2) is 0 Å². The number of carbonyl (C=O) groups excluding carboxylic acids is 2. The van der Waals surface area contributed by atoms with Crippen LogP contribution in [0.5, 0.6) is 0 Å². The van der Waals surface area contributed by atoms with Gasteiger partial charge in [-0.25, -0.2) is 0 Å². The van der Waals surface area contributed by atoms with Gasteiger partial charge in [0.1, 0.15) is 5.54 Å². The van der Waals surface area contributed by atoms with Gasteiger partial charge in [0.15, 0.2) is 0 Å². The molecule has 112 valence electrons. The van der Waals surface area contributed by atoms with Crippen molar-refractivity contribution in [3.05, 3.63) is 0 Å². The molecule has 0 aliphatic carbocycles. The Bertz CT molecular complexity index is 283. The molecule has 0 aromatic carbocycles. The van der Waals surface area contributed by atoms with E-state index in [9.17, 15) is 9.59 Å². The lowest BCUT2D eigenvalue weighted by molar-refractivity contribution is -0.146. The number of nitrogens with two attached hydrogens (primary N) is 1. The molecule has 0 rings (SSSR count). The Morgan fingerprint density at radius 3 is 2.63 bits per heavy atom. The molecule has 0 aromatic heterocycles. The number of rotatable bonds is 10. The highest BCUT2D eigenvalue weighted by atomic mass is 32.2. The van der Waals surface area contributed by atoms with Crippen molar-refractivity contribution in [1.82, 2.24) is 5.32 Å². The smallest absolute Gasteiger partial charge is 0.325 e. The Hall–Kier alpha value is -0.750. The Balaban J connectivity index is 3.55. The topological polar surface area (TPSA) is 81.4 Å². The molecule has 0 radical (unpaired) electrons. The molecule has 5 nitrogen and oxygen atoms in total. The molecule has 0 fully saturated rings. The largest absolute Gasteiger partial charge is 0.468 e. The van der Waals surface area contributed by atoms with Crippen LogP contribution >= 0.6 is 11.8 Å². The van der Waals surface area contributed by atoms with Crippen LogP contribution in [0.1, 0.15) is 39.5 Å². The Kier molecular flexibility index (Phi) is 9.69. The van der Waals surface area contributed by atoms with E-state index in [0.717, 1.165) is 31.6 Å². The van der Waals surface area contributed by atoms with Crippen LogP contribution in [0.25, 0.3) is 0 Å². The van der Waals surface area contributed by atoms with Crippen molar-refractivity contribution in [1.29, 1.82) is 0 Å². The molecule has 1 atom stereocenters. The fraction of sp³-hybridized carbons (Fsp3) is 0.846. The number of methoxy groups -OCH3 is 1. The Labute approximate surface area is 120 Å². The predicted molar refractivity (Wildman–Crippen MR) is 79.1 cm³/mol. The van der Waals surface area contributed by atoms with Gasteiger partial charge in [-0.2, -0.15) is 11.8 Å². The van der Waals surface area contributed by atoms with Crippen molar-refractivity contribution in [3.8, 4) is 0 Å². The van der Waals surface area contributed by atoms with Gasteiger partial charge in [-0.1, -0.05) is 13.3 Å². The van der Waals surface area contributed by atoms with E-state index >= 15 is 0 Å². The molecule has 19 heavy (non-hydrogen) atoms. The number of unbranched alkanes of at least 4 members (excludes halogenated alkanes) is 1. The van der Waals surface area contributed by atoms with Crippen molar-refractivity contribution in [2.75, 3.05) is 25.2 Å². The van der Waals surface area contributed by atoms with Crippen LogP contribution < -0.4 is 11.1 Å².